The highest BCUT2D eigenvalue weighted by Gasteiger charge is 2.25. The van der Waals surface area contributed by atoms with Gasteiger partial charge in [0.25, 0.3) is 0 Å². The first-order chi connectivity index (χ1) is 8.39. The maximum atomic E-state index is 11.9. The zero-order valence-corrected chi connectivity index (χ0v) is 11.9. The Labute approximate surface area is 109 Å². The molecule has 0 saturated heterocycles. The third kappa shape index (κ3) is 2.67. The Balaban J connectivity index is 2.06. The summed E-state index contributed by atoms with van der Waals surface area (Å²) in [4.78, 5) is 0.333. The zero-order valence-electron chi connectivity index (χ0n) is 11.1. The predicted molar refractivity (Wildman–Crippen MR) is 73.1 cm³/mol. The van der Waals surface area contributed by atoms with E-state index in [0.717, 1.165) is 11.6 Å². The van der Waals surface area contributed by atoms with Crippen molar-refractivity contribution in [2.24, 2.45) is 5.92 Å². The highest BCUT2D eigenvalue weighted by atomic mass is 32.2. The molecule has 0 heterocycles. The molecule has 1 aliphatic carbocycles. The molecule has 1 fully saturated rings. The van der Waals surface area contributed by atoms with Crippen LogP contribution in [0.3, 0.4) is 0 Å². The van der Waals surface area contributed by atoms with E-state index in [4.69, 9.17) is 0 Å². The van der Waals surface area contributed by atoms with Gasteiger partial charge in [0, 0.05) is 25.8 Å². The van der Waals surface area contributed by atoms with Gasteiger partial charge in [-0.1, -0.05) is 6.92 Å². The molecule has 0 bridgehead atoms. The van der Waals surface area contributed by atoms with Gasteiger partial charge in [-0.3, -0.25) is 0 Å². The molecule has 0 radical (unpaired) electrons. The molecular formula is C13H20N2O2S. The van der Waals surface area contributed by atoms with Gasteiger partial charge in [0.1, 0.15) is 0 Å². The summed E-state index contributed by atoms with van der Waals surface area (Å²) in [5.74, 6) is 0.802. The van der Waals surface area contributed by atoms with Crippen LogP contribution < -0.4 is 5.32 Å². The van der Waals surface area contributed by atoms with Crippen molar-refractivity contribution in [2.75, 3.05) is 19.4 Å². The second-order valence-electron chi connectivity index (χ2n) is 5.23. The second-order valence-corrected chi connectivity index (χ2v) is 7.38. The summed E-state index contributed by atoms with van der Waals surface area (Å²) >= 11 is 0. The van der Waals surface area contributed by atoms with Crippen molar-refractivity contribution in [3.63, 3.8) is 0 Å². The second kappa shape index (κ2) is 4.90. The van der Waals surface area contributed by atoms with E-state index in [2.05, 4.69) is 12.2 Å². The number of nitrogens with zero attached hydrogens (tertiary/aromatic N) is 1. The zero-order chi connectivity index (χ0) is 13.3. The molecule has 5 heteroatoms. The maximum Gasteiger partial charge on any atom is 0.242 e. The molecule has 0 amide bonds. The van der Waals surface area contributed by atoms with Gasteiger partial charge < -0.3 is 5.32 Å². The van der Waals surface area contributed by atoms with E-state index in [9.17, 15) is 8.42 Å². The molecule has 1 aromatic rings. The van der Waals surface area contributed by atoms with Crippen LogP contribution in [0.25, 0.3) is 0 Å². The van der Waals surface area contributed by atoms with E-state index in [0.29, 0.717) is 10.9 Å². The fourth-order valence-electron chi connectivity index (χ4n) is 2.19. The Hall–Kier alpha value is -1.07. The lowest BCUT2D eigenvalue weighted by molar-refractivity contribution is 0.309. The van der Waals surface area contributed by atoms with Gasteiger partial charge in [-0.2, -0.15) is 0 Å². The van der Waals surface area contributed by atoms with Gasteiger partial charge in [-0.25, -0.2) is 12.7 Å². The van der Waals surface area contributed by atoms with Gasteiger partial charge in [-0.05, 0) is 43.0 Å². The fraction of sp³-hybridized carbons (Fsp3) is 0.538. The van der Waals surface area contributed by atoms with Crippen molar-refractivity contribution in [1.29, 1.82) is 0 Å². The number of hydrogen-bond donors (Lipinski definition) is 1. The monoisotopic (exact) mass is 268 g/mol. The topological polar surface area (TPSA) is 49.4 Å². The van der Waals surface area contributed by atoms with Gasteiger partial charge in [0.15, 0.2) is 0 Å². The van der Waals surface area contributed by atoms with E-state index in [-0.39, 0.29) is 0 Å². The third-order valence-electron chi connectivity index (χ3n) is 3.38. The fourth-order valence-corrected chi connectivity index (χ4v) is 3.09. The molecule has 0 unspecified atom stereocenters. The molecule has 0 atom stereocenters. The normalized spacial score (nSPS) is 23.8. The van der Waals surface area contributed by atoms with E-state index in [1.54, 1.807) is 12.1 Å². The lowest BCUT2D eigenvalue weighted by Gasteiger charge is -2.34. The Morgan fingerprint density at radius 1 is 1.17 bits per heavy atom. The molecule has 1 saturated carbocycles. The van der Waals surface area contributed by atoms with Crippen molar-refractivity contribution in [3.05, 3.63) is 24.3 Å². The summed E-state index contributed by atoms with van der Waals surface area (Å²) in [6.07, 6.45) is 2.38. The lowest BCUT2D eigenvalue weighted by Crippen LogP contribution is -2.33. The van der Waals surface area contributed by atoms with E-state index in [1.165, 1.54) is 31.2 Å². The number of rotatable bonds is 4. The molecule has 1 N–H and O–H groups in total. The third-order valence-corrected chi connectivity index (χ3v) is 5.21. The smallest absolute Gasteiger partial charge is 0.242 e. The van der Waals surface area contributed by atoms with E-state index < -0.39 is 10.0 Å². The maximum absolute atomic E-state index is 11.9. The van der Waals surface area contributed by atoms with Crippen molar-refractivity contribution in [3.8, 4) is 0 Å². The first-order valence-corrected chi connectivity index (χ1v) is 7.62. The van der Waals surface area contributed by atoms with Gasteiger partial charge in [0.2, 0.25) is 10.0 Å². The van der Waals surface area contributed by atoms with E-state index in [1.807, 2.05) is 12.1 Å². The highest BCUT2D eigenvalue weighted by molar-refractivity contribution is 7.89. The summed E-state index contributed by atoms with van der Waals surface area (Å²) < 4.78 is 25.0. The van der Waals surface area contributed by atoms with Crippen LogP contribution in [0, 0.1) is 5.92 Å². The van der Waals surface area contributed by atoms with Gasteiger partial charge in [0.05, 0.1) is 4.90 Å². The van der Waals surface area contributed by atoms with E-state index >= 15 is 0 Å². The Morgan fingerprint density at radius 3 is 2.17 bits per heavy atom. The van der Waals surface area contributed by atoms with Gasteiger partial charge >= 0.3 is 0 Å². The average molecular weight is 268 g/mol. The van der Waals surface area contributed by atoms with Crippen LogP contribution in [0.5, 0.6) is 0 Å². The molecule has 0 spiro atoms. The molecule has 0 aliphatic heterocycles. The molecular weight excluding hydrogens is 248 g/mol. The summed E-state index contributed by atoms with van der Waals surface area (Å²) in [5, 5.41) is 3.41. The SMILES string of the molecule is CC1CC(Nc2ccc(S(=O)(=O)N(C)C)cc2)C1. The molecule has 18 heavy (non-hydrogen) atoms. The lowest BCUT2D eigenvalue weighted by atomic mass is 9.82. The standard InChI is InChI=1S/C13H20N2O2S/c1-10-8-12(9-10)14-11-4-6-13(7-5-11)18(16,17)15(2)3/h4-7,10,12,14H,8-9H2,1-3H3. The van der Waals surface area contributed by atoms with Crippen LogP contribution in [0.1, 0.15) is 19.8 Å². The number of nitrogens with one attached hydrogen (secondary N) is 1. The highest BCUT2D eigenvalue weighted by Crippen LogP contribution is 2.29. The minimum absolute atomic E-state index is 0.333. The summed E-state index contributed by atoms with van der Waals surface area (Å²) in [5.41, 5.74) is 0.990. The predicted octanol–water partition coefficient (Wildman–Crippen LogP) is 2.15. The number of hydrogen-bond acceptors (Lipinski definition) is 3. The number of benzene rings is 1. The Bertz CT molecular complexity index is 502. The first kappa shape index (κ1) is 13.4. The van der Waals surface area contributed by atoms with Gasteiger partial charge in [-0.15, -0.1) is 0 Å². The van der Waals surface area contributed by atoms with Crippen LogP contribution >= 0.6 is 0 Å². The molecule has 100 valence electrons. The van der Waals surface area contributed by atoms with Crippen LogP contribution in [0.4, 0.5) is 5.69 Å². The Morgan fingerprint density at radius 2 is 1.72 bits per heavy atom. The molecule has 4 nitrogen and oxygen atoms in total. The molecule has 1 aliphatic rings. The molecule has 2 rings (SSSR count). The Kier molecular flexibility index (Phi) is 3.64. The molecule has 1 aromatic carbocycles. The van der Waals surface area contributed by atoms with Crippen LogP contribution in [0.15, 0.2) is 29.2 Å². The average Bonchev–Trinajstić information content (AvgIpc) is 2.27. The summed E-state index contributed by atoms with van der Waals surface area (Å²) in [6.45, 7) is 2.24. The summed E-state index contributed by atoms with van der Waals surface area (Å²) in [6, 6.07) is 7.51. The van der Waals surface area contributed by atoms with Crippen molar-refractivity contribution in [2.45, 2.75) is 30.7 Å². The van der Waals surface area contributed by atoms with Crippen molar-refractivity contribution in [1.82, 2.24) is 4.31 Å². The number of sulfonamides is 1. The molecule has 0 aromatic heterocycles. The minimum atomic E-state index is -3.32. The van der Waals surface area contributed by atoms with Crippen LogP contribution in [0.2, 0.25) is 0 Å². The quantitative estimate of drug-likeness (QED) is 0.910. The van der Waals surface area contributed by atoms with Crippen molar-refractivity contribution >= 4 is 15.7 Å². The van der Waals surface area contributed by atoms with Crippen LogP contribution in [-0.4, -0.2) is 32.9 Å². The number of anilines is 1. The van der Waals surface area contributed by atoms with Crippen molar-refractivity contribution < 1.29 is 8.42 Å². The summed E-state index contributed by atoms with van der Waals surface area (Å²) in [7, 11) is -0.239. The van der Waals surface area contributed by atoms with Crippen LogP contribution in [-0.2, 0) is 10.0 Å². The largest absolute Gasteiger partial charge is 0.382 e. The minimum Gasteiger partial charge on any atom is -0.382 e. The first-order valence-electron chi connectivity index (χ1n) is 6.18.